The van der Waals surface area contributed by atoms with Crippen molar-refractivity contribution in [2.45, 2.75) is 0 Å². The smallest absolute Gasteiger partial charge is 0.292 e. The molecule has 11 nitrogen and oxygen atoms in total. The van der Waals surface area contributed by atoms with Crippen LogP contribution in [0.3, 0.4) is 0 Å². The van der Waals surface area contributed by atoms with Crippen LogP contribution in [-0.4, -0.2) is 58.4 Å². The predicted octanol–water partition coefficient (Wildman–Crippen LogP) is 3.39. The van der Waals surface area contributed by atoms with Crippen LogP contribution in [0.4, 0.5) is 22.2 Å². The number of nitrogens with one attached hydrogen (secondary N) is 1. The summed E-state index contributed by atoms with van der Waals surface area (Å²) in [5, 5.41) is 27.2. The van der Waals surface area contributed by atoms with E-state index in [1.165, 1.54) is 29.5 Å². The molecule has 1 N–H and O–H groups in total. The Morgan fingerprint density at radius 3 is 2.52 bits per heavy atom. The summed E-state index contributed by atoms with van der Waals surface area (Å²) in [4.78, 5) is 42.2. The second kappa shape index (κ2) is 9.71. The van der Waals surface area contributed by atoms with Crippen molar-refractivity contribution in [1.29, 1.82) is 0 Å². The Morgan fingerprint density at radius 1 is 1.03 bits per heavy atom. The average molecular weight is 468 g/mol. The van der Waals surface area contributed by atoms with E-state index in [4.69, 9.17) is 0 Å². The van der Waals surface area contributed by atoms with Crippen LogP contribution in [0.1, 0.15) is 0 Å². The summed E-state index contributed by atoms with van der Waals surface area (Å²) in [6.07, 6.45) is 0. The Morgan fingerprint density at radius 2 is 1.79 bits per heavy atom. The Balaban J connectivity index is 1.31. The van der Waals surface area contributed by atoms with Gasteiger partial charge in [0.15, 0.2) is 5.13 Å². The topological polar surface area (TPSA) is 135 Å². The molecule has 0 aliphatic carbocycles. The van der Waals surface area contributed by atoms with Crippen LogP contribution < -0.4 is 10.2 Å². The number of para-hydroxylation sites is 2. The molecule has 1 fully saturated rings. The molecule has 0 radical (unpaired) electrons. The van der Waals surface area contributed by atoms with E-state index in [0.717, 1.165) is 0 Å². The van der Waals surface area contributed by atoms with Crippen molar-refractivity contribution >= 4 is 39.4 Å². The van der Waals surface area contributed by atoms with E-state index in [9.17, 15) is 25.0 Å². The van der Waals surface area contributed by atoms with Crippen LogP contribution in [0.5, 0.6) is 0 Å². The number of nitrogens with zero attached hydrogens (tertiary/aromatic N) is 5. The van der Waals surface area contributed by atoms with Gasteiger partial charge in [0.2, 0.25) is 5.91 Å². The molecule has 0 bridgehead atoms. The van der Waals surface area contributed by atoms with Crippen LogP contribution in [0.25, 0.3) is 11.3 Å². The zero-order valence-electron chi connectivity index (χ0n) is 17.4. The molecule has 1 amide bonds. The number of rotatable bonds is 7. The highest BCUT2D eigenvalue weighted by Gasteiger charge is 2.24. The highest BCUT2D eigenvalue weighted by molar-refractivity contribution is 7.14. The van der Waals surface area contributed by atoms with Gasteiger partial charge in [0, 0.05) is 55.3 Å². The number of benzene rings is 2. The molecule has 170 valence electrons. The summed E-state index contributed by atoms with van der Waals surface area (Å²) >= 11 is 1.25. The van der Waals surface area contributed by atoms with Gasteiger partial charge < -0.3 is 10.2 Å². The number of hydrogen-bond acceptors (Lipinski definition) is 9. The molecule has 2 heterocycles. The van der Waals surface area contributed by atoms with Gasteiger partial charge in [-0.15, -0.1) is 11.3 Å². The van der Waals surface area contributed by atoms with E-state index in [0.29, 0.717) is 48.3 Å². The number of amides is 1. The maximum Gasteiger partial charge on any atom is 0.292 e. The molecule has 0 spiro atoms. The minimum absolute atomic E-state index is 0.0222. The molecule has 0 atom stereocenters. The molecule has 0 saturated carbocycles. The zero-order chi connectivity index (χ0) is 23.4. The molecular formula is C21H20N6O5S. The highest BCUT2D eigenvalue weighted by Crippen LogP contribution is 2.29. The van der Waals surface area contributed by atoms with Crippen molar-refractivity contribution < 1.29 is 14.6 Å². The van der Waals surface area contributed by atoms with E-state index >= 15 is 0 Å². The summed E-state index contributed by atoms with van der Waals surface area (Å²) in [7, 11) is 0. The maximum absolute atomic E-state index is 12.5. The molecule has 1 saturated heterocycles. The third-order valence-corrected chi connectivity index (χ3v) is 6.02. The van der Waals surface area contributed by atoms with Gasteiger partial charge in [-0.05, 0) is 6.07 Å². The van der Waals surface area contributed by atoms with Gasteiger partial charge in [-0.2, -0.15) is 0 Å². The van der Waals surface area contributed by atoms with E-state index in [1.807, 2.05) is 9.80 Å². The summed E-state index contributed by atoms with van der Waals surface area (Å²) in [5.74, 6) is -0.214. The van der Waals surface area contributed by atoms with Crippen LogP contribution >= 0.6 is 11.3 Å². The third kappa shape index (κ3) is 5.30. The number of nitro groups is 2. The summed E-state index contributed by atoms with van der Waals surface area (Å²) in [6, 6.07) is 12.8. The second-order valence-corrected chi connectivity index (χ2v) is 8.26. The molecule has 12 heteroatoms. The number of non-ortho nitro benzene ring substituents is 1. The van der Waals surface area contributed by atoms with Gasteiger partial charge in [0.1, 0.15) is 5.69 Å². The minimum Gasteiger partial charge on any atom is -0.363 e. The molecular weight excluding hydrogens is 448 g/mol. The van der Waals surface area contributed by atoms with Crippen molar-refractivity contribution in [2.24, 2.45) is 0 Å². The molecule has 2 aromatic carbocycles. The first-order valence-electron chi connectivity index (χ1n) is 10.1. The van der Waals surface area contributed by atoms with E-state index in [2.05, 4.69) is 10.3 Å². The van der Waals surface area contributed by atoms with Gasteiger partial charge in [-0.25, -0.2) is 4.98 Å². The van der Waals surface area contributed by atoms with Gasteiger partial charge in [0.05, 0.1) is 22.1 Å². The number of hydrogen-bond donors (Lipinski definition) is 1. The lowest BCUT2D eigenvalue weighted by molar-refractivity contribution is -0.384. The van der Waals surface area contributed by atoms with Crippen LogP contribution in [-0.2, 0) is 4.79 Å². The lowest BCUT2D eigenvalue weighted by Crippen LogP contribution is -2.48. The van der Waals surface area contributed by atoms with Gasteiger partial charge in [0.25, 0.3) is 11.4 Å². The number of aromatic nitrogens is 1. The monoisotopic (exact) mass is 468 g/mol. The predicted molar refractivity (Wildman–Crippen MR) is 125 cm³/mol. The van der Waals surface area contributed by atoms with Gasteiger partial charge in [-0.3, -0.25) is 29.9 Å². The minimum atomic E-state index is -0.464. The Hall–Kier alpha value is -3.90. The first-order chi connectivity index (χ1) is 15.9. The molecule has 0 unspecified atom stereocenters. The molecule has 1 aliphatic heterocycles. The first-order valence-corrected chi connectivity index (χ1v) is 11.0. The summed E-state index contributed by atoms with van der Waals surface area (Å²) in [5.41, 5.74) is 1.80. The first kappa shape index (κ1) is 22.3. The third-order valence-electron chi connectivity index (χ3n) is 5.26. The normalized spacial score (nSPS) is 14.1. The van der Waals surface area contributed by atoms with E-state index in [-0.39, 0.29) is 28.8 Å². The molecule has 1 aliphatic rings. The number of carbonyl (C=O) groups is 1. The number of piperazine rings is 1. The number of thiazole rings is 1. The molecule has 3 aromatic rings. The Labute approximate surface area is 192 Å². The van der Waals surface area contributed by atoms with Crippen molar-refractivity contribution in [3.63, 3.8) is 0 Å². The summed E-state index contributed by atoms with van der Waals surface area (Å²) in [6.45, 7) is 2.52. The largest absolute Gasteiger partial charge is 0.363 e. The van der Waals surface area contributed by atoms with Crippen LogP contribution in [0, 0.1) is 20.2 Å². The number of anilines is 2. The average Bonchev–Trinajstić information content (AvgIpc) is 3.28. The lowest BCUT2D eigenvalue weighted by Gasteiger charge is -2.35. The van der Waals surface area contributed by atoms with Crippen molar-refractivity contribution in [3.8, 4) is 11.3 Å². The van der Waals surface area contributed by atoms with Gasteiger partial charge in [-0.1, -0.05) is 24.3 Å². The zero-order valence-corrected chi connectivity index (χ0v) is 18.2. The number of nitro benzene ring substituents is 2. The molecule has 33 heavy (non-hydrogen) atoms. The van der Waals surface area contributed by atoms with Crippen LogP contribution in [0.15, 0.2) is 53.9 Å². The van der Waals surface area contributed by atoms with Crippen molar-refractivity contribution in [3.05, 3.63) is 74.1 Å². The lowest BCUT2D eigenvalue weighted by atomic mass is 10.1. The fourth-order valence-electron chi connectivity index (χ4n) is 3.64. The van der Waals surface area contributed by atoms with Gasteiger partial charge >= 0.3 is 0 Å². The number of carbonyl (C=O) groups excluding carboxylic acids is 1. The highest BCUT2D eigenvalue weighted by atomic mass is 32.1. The van der Waals surface area contributed by atoms with Crippen molar-refractivity contribution in [2.75, 3.05) is 42.9 Å². The van der Waals surface area contributed by atoms with Crippen LogP contribution in [0.2, 0.25) is 0 Å². The second-order valence-electron chi connectivity index (χ2n) is 7.40. The Kier molecular flexibility index (Phi) is 6.56. The van der Waals surface area contributed by atoms with Crippen molar-refractivity contribution in [1.82, 2.24) is 9.88 Å². The SMILES string of the molecule is O=C(CN1CCN(c2ccccc2[N+](=O)[O-])CC1)Nc1nc(-c2cccc([N+](=O)[O-])c2)cs1. The summed E-state index contributed by atoms with van der Waals surface area (Å²) < 4.78 is 0. The quantitative estimate of drug-likeness (QED) is 0.412. The fraction of sp³-hybridized carbons (Fsp3) is 0.238. The maximum atomic E-state index is 12.5. The molecule has 1 aromatic heterocycles. The van der Waals surface area contributed by atoms with E-state index < -0.39 is 4.92 Å². The molecule has 4 rings (SSSR count). The Bertz CT molecular complexity index is 1190. The fourth-order valence-corrected chi connectivity index (χ4v) is 4.37. The van der Waals surface area contributed by atoms with E-state index in [1.54, 1.807) is 35.7 Å². The standard InChI is InChI=1S/C21H20N6O5S/c28-20(23-21-22-17(14-33-21)15-4-3-5-16(12-15)26(29)30)13-24-8-10-25(11-9-24)18-6-1-2-7-19(18)27(31)32/h1-7,12,14H,8-11,13H2,(H,22,23,28).